The average Bonchev–Trinajstić information content (AvgIpc) is 2.54. The fourth-order valence-corrected chi connectivity index (χ4v) is 3.14. The number of benzene rings is 2. The maximum absolute atomic E-state index is 12.2. The Labute approximate surface area is 140 Å². The number of methoxy groups -OCH3 is 1. The van der Waals surface area contributed by atoms with Crippen molar-refractivity contribution in [1.82, 2.24) is 5.32 Å². The summed E-state index contributed by atoms with van der Waals surface area (Å²) in [6, 6.07) is 15.2. The van der Waals surface area contributed by atoms with E-state index in [0.717, 1.165) is 16.2 Å². The molecule has 0 aromatic heterocycles. The van der Waals surface area contributed by atoms with Gasteiger partial charge < -0.3 is 10.1 Å². The lowest BCUT2D eigenvalue weighted by atomic mass is 10.2. The number of hydrogen-bond acceptors (Lipinski definition) is 3. The summed E-state index contributed by atoms with van der Waals surface area (Å²) in [5.74, 6) is 0.741. The van der Waals surface area contributed by atoms with Crippen LogP contribution in [0.4, 0.5) is 0 Å². The largest absolute Gasteiger partial charge is 0.496 e. The molecule has 0 aliphatic heterocycles. The van der Waals surface area contributed by atoms with Crippen molar-refractivity contribution in [1.29, 1.82) is 0 Å². The Hall–Kier alpha value is -1.65. The number of para-hydroxylation sites is 1. The second-order valence-electron chi connectivity index (χ2n) is 4.72. The number of carbonyl (C=O) groups is 1. The van der Waals surface area contributed by atoms with E-state index in [4.69, 9.17) is 16.3 Å². The zero-order valence-corrected chi connectivity index (χ0v) is 14.1. The van der Waals surface area contributed by atoms with Gasteiger partial charge in [-0.15, -0.1) is 11.8 Å². The zero-order chi connectivity index (χ0) is 15.9. The van der Waals surface area contributed by atoms with E-state index in [-0.39, 0.29) is 11.2 Å². The Morgan fingerprint density at radius 1 is 1.23 bits per heavy atom. The molecule has 2 rings (SSSR count). The summed E-state index contributed by atoms with van der Waals surface area (Å²) < 4.78 is 5.28. The van der Waals surface area contributed by atoms with Gasteiger partial charge in [-0.25, -0.2) is 0 Å². The minimum absolute atomic E-state index is 0.0316. The summed E-state index contributed by atoms with van der Waals surface area (Å²) >= 11 is 7.56. The van der Waals surface area contributed by atoms with Gasteiger partial charge in [-0.3, -0.25) is 4.79 Å². The van der Waals surface area contributed by atoms with Gasteiger partial charge in [0.2, 0.25) is 5.91 Å². The standard InChI is InChI=1S/C17H18ClNO2S/c1-12(22-16-10-6-4-8-14(16)18)17(20)19-11-13-7-3-5-9-15(13)21-2/h3-10,12H,11H2,1-2H3,(H,19,20)/t12-/m0/s1. The van der Waals surface area contributed by atoms with E-state index in [1.165, 1.54) is 11.8 Å². The van der Waals surface area contributed by atoms with Crippen molar-refractivity contribution in [3.8, 4) is 5.75 Å². The molecule has 0 spiro atoms. The predicted molar refractivity (Wildman–Crippen MR) is 91.6 cm³/mol. The first-order valence-corrected chi connectivity index (χ1v) is 8.18. The lowest BCUT2D eigenvalue weighted by molar-refractivity contribution is -0.120. The first-order chi connectivity index (χ1) is 10.6. The van der Waals surface area contributed by atoms with Gasteiger partial charge in [-0.1, -0.05) is 41.9 Å². The van der Waals surface area contributed by atoms with Crippen LogP contribution in [0.2, 0.25) is 5.02 Å². The molecule has 0 aliphatic rings. The Morgan fingerprint density at radius 2 is 1.91 bits per heavy atom. The van der Waals surface area contributed by atoms with E-state index in [0.29, 0.717) is 11.6 Å². The molecular weight excluding hydrogens is 318 g/mol. The fourth-order valence-electron chi connectivity index (χ4n) is 1.96. The van der Waals surface area contributed by atoms with Gasteiger partial charge >= 0.3 is 0 Å². The number of halogens is 1. The summed E-state index contributed by atoms with van der Waals surface area (Å²) in [7, 11) is 1.62. The summed E-state index contributed by atoms with van der Waals surface area (Å²) in [5, 5.41) is 3.37. The number of carbonyl (C=O) groups excluding carboxylic acids is 1. The molecule has 116 valence electrons. The molecule has 0 radical (unpaired) electrons. The highest BCUT2D eigenvalue weighted by molar-refractivity contribution is 8.00. The highest BCUT2D eigenvalue weighted by Gasteiger charge is 2.16. The molecule has 0 bridgehead atoms. The Kier molecular flexibility index (Phi) is 6.16. The van der Waals surface area contributed by atoms with Crippen molar-refractivity contribution in [2.75, 3.05) is 7.11 Å². The lowest BCUT2D eigenvalue weighted by Gasteiger charge is -2.14. The quantitative estimate of drug-likeness (QED) is 0.806. The molecule has 22 heavy (non-hydrogen) atoms. The van der Waals surface area contributed by atoms with Crippen molar-refractivity contribution in [2.24, 2.45) is 0 Å². The van der Waals surface area contributed by atoms with Crippen LogP contribution in [0.25, 0.3) is 0 Å². The van der Waals surface area contributed by atoms with Crippen LogP contribution in [0.1, 0.15) is 12.5 Å². The Balaban J connectivity index is 1.93. The number of thioether (sulfide) groups is 1. The van der Waals surface area contributed by atoms with E-state index in [1.807, 2.05) is 55.5 Å². The fraction of sp³-hybridized carbons (Fsp3) is 0.235. The summed E-state index contributed by atoms with van der Waals surface area (Å²) in [6.45, 7) is 2.31. The van der Waals surface area contributed by atoms with Gasteiger partial charge in [0.25, 0.3) is 0 Å². The minimum atomic E-state index is -0.227. The Bertz CT molecular complexity index is 648. The molecule has 1 amide bonds. The van der Waals surface area contributed by atoms with Gasteiger partial charge in [-0.05, 0) is 25.1 Å². The van der Waals surface area contributed by atoms with Crippen LogP contribution in [-0.4, -0.2) is 18.3 Å². The smallest absolute Gasteiger partial charge is 0.233 e. The molecule has 3 nitrogen and oxygen atoms in total. The second kappa shape index (κ2) is 8.11. The van der Waals surface area contributed by atoms with E-state index < -0.39 is 0 Å². The maximum atomic E-state index is 12.2. The summed E-state index contributed by atoms with van der Waals surface area (Å²) in [6.07, 6.45) is 0. The van der Waals surface area contributed by atoms with Gasteiger partial charge in [0.1, 0.15) is 5.75 Å². The maximum Gasteiger partial charge on any atom is 0.233 e. The summed E-state index contributed by atoms with van der Waals surface area (Å²) in [5.41, 5.74) is 0.952. The Morgan fingerprint density at radius 3 is 2.64 bits per heavy atom. The van der Waals surface area contributed by atoms with Crippen molar-refractivity contribution in [2.45, 2.75) is 23.6 Å². The van der Waals surface area contributed by atoms with Crippen LogP contribution < -0.4 is 10.1 Å². The van der Waals surface area contributed by atoms with Crippen LogP contribution in [0, 0.1) is 0 Å². The molecule has 1 atom stereocenters. The molecule has 0 heterocycles. The number of ether oxygens (including phenoxy) is 1. The molecule has 2 aromatic rings. The molecule has 2 aromatic carbocycles. The SMILES string of the molecule is COc1ccccc1CNC(=O)[C@H](C)Sc1ccccc1Cl. The molecule has 1 N–H and O–H groups in total. The molecule has 0 unspecified atom stereocenters. The van der Waals surface area contributed by atoms with Crippen molar-refractivity contribution in [3.05, 3.63) is 59.1 Å². The van der Waals surface area contributed by atoms with Crippen molar-refractivity contribution in [3.63, 3.8) is 0 Å². The van der Waals surface area contributed by atoms with Crippen molar-refractivity contribution < 1.29 is 9.53 Å². The minimum Gasteiger partial charge on any atom is -0.496 e. The van der Waals surface area contributed by atoms with Crippen LogP contribution in [-0.2, 0) is 11.3 Å². The molecule has 0 aliphatic carbocycles. The van der Waals surface area contributed by atoms with Crippen molar-refractivity contribution >= 4 is 29.3 Å². The number of hydrogen-bond donors (Lipinski definition) is 1. The van der Waals surface area contributed by atoms with E-state index in [9.17, 15) is 4.79 Å². The predicted octanol–water partition coefficient (Wildman–Crippen LogP) is 4.15. The van der Waals surface area contributed by atoms with Crippen LogP contribution >= 0.6 is 23.4 Å². The molecule has 0 fully saturated rings. The number of rotatable bonds is 6. The van der Waals surface area contributed by atoms with E-state index in [2.05, 4.69) is 5.32 Å². The van der Waals surface area contributed by atoms with Gasteiger partial charge in [0.15, 0.2) is 0 Å². The van der Waals surface area contributed by atoms with Crippen LogP contribution in [0.3, 0.4) is 0 Å². The molecular formula is C17H18ClNO2S. The molecule has 0 saturated carbocycles. The molecule has 0 saturated heterocycles. The highest BCUT2D eigenvalue weighted by Crippen LogP contribution is 2.30. The zero-order valence-electron chi connectivity index (χ0n) is 12.5. The third-order valence-electron chi connectivity index (χ3n) is 3.16. The second-order valence-corrected chi connectivity index (χ2v) is 6.51. The third kappa shape index (κ3) is 4.42. The van der Waals surface area contributed by atoms with Gasteiger partial charge in [-0.2, -0.15) is 0 Å². The van der Waals surface area contributed by atoms with E-state index in [1.54, 1.807) is 7.11 Å². The number of nitrogens with one attached hydrogen (secondary N) is 1. The number of amides is 1. The van der Waals surface area contributed by atoms with Gasteiger partial charge in [0, 0.05) is 17.0 Å². The summed E-state index contributed by atoms with van der Waals surface area (Å²) in [4.78, 5) is 13.1. The highest BCUT2D eigenvalue weighted by atomic mass is 35.5. The lowest BCUT2D eigenvalue weighted by Crippen LogP contribution is -2.30. The normalized spacial score (nSPS) is 11.8. The first-order valence-electron chi connectivity index (χ1n) is 6.92. The van der Waals surface area contributed by atoms with Gasteiger partial charge in [0.05, 0.1) is 17.4 Å². The third-order valence-corrected chi connectivity index (χ3v) is 4.77. The van der Waals surface area contributed by atoms with Crippen LogP contribution in [0.15, 0.2) is 53.4 Å². The topological polar surface area (TPSA) is 38.3 Å². The van der Waals surface area contributed by atoms with E-state index >= 15 is 0 Å². The van der Waals surface area contributed by atoms with Crippen LogP contribution in [0.5, 0.6) is 5.75 Å². The molecule has 5 heteroatoms. The monoisotopic (exact) mass is 335 g/mol. The average molecular weight is 336 g/mol. The first kappa shape index (κ1) is 16.7.